The SMILES string of the molecule is COC(=O)[C@H](Cc1ccc(OC)c(-c2ccc(OC)c(CCO)c2)c1)NC(=O)OC(C)(C)C. The topological polar surface area (TPSA) is 103 Å². The van der Waals surface area contributed by atoms with Crippen molar-refractivity contribution in [2.45, 2.75) is 45.3 Å². The second-order valence-electron chi connectivity index (χ2n) is 8.46. The van der Waals surface area contributed by atoms with Gasteiger partial charge in [-0.15, -0.1) is 0 Å². The minimum absolute atomic E-state index is 0.00582. The van der Waals surface area contributed by atoms with Crippen LogP contribution in [0.5, 0.6) is 11.5 Å². The van der Waals surface area contributed by atoms with Crippen molar-refractivity contribution in [2.24, 2.45) is 0 Å². The van der Waals surface area contributed by atoms with Crippen LogP contribution in [0.4, 0.5) is 4.79 Å². The Kier molecular flexibility index (Phi) is 9.11. The van der Waals surface area contributed by atoms with Crippen molar-refractivity contribution in [1.29, 1.82) is 0 Å². The van der Waals surface area contributed by atoms with Gasteiger partial charge in [0.1, 0.15) is 23.1 Å². The van der Waals surface area contributed by atoms with Crippen molar-refractivity contribution < 1.29 is 33.6 Å². The number of aliphatic hydroxyl groups is 1. The number of hydrogen-bond acceptors (Lipinski definition) is 7. The molecule has 180 valence electrons. The van der Waals surface area contributed by atoms with Crippen LogP contribution in [-0.2, 0) is 27.1 Å². The van der Waals surface area contributed by atoms with Gasteiger partial charge in [-0.3, -0.25) is 0 Å². The number of carbonyl (C=O) groups excluding carboxylic acids is 2. The van der Waals surface area contributed by atoms with Gasteiger partial charge in [-0.25, -0.2) is 9.59 Å². The Morgan fingerprint density at radius 2 is 1.67 bits per heavy atom. The van der Waals surface area contributed by atoms with Crippen molar-refractivity contribution in [1.82, 2.24) is 5.32 Å². The lowest BCUT2D eigenvalue weighted by molar-refractivity contribution is -0.143. The molecule has 1 amide bonds. The van der Waals surface area contributed by atoms with Gasteiger partial charge < -0.3 is 29.4 Å². The molecule has 2 rings (SSSR count). The summed E-state index contributed by atoms with van der Waals surface area (Å²) in [6.07, 6.45) is -0.0540. The third-order valence-electron chi connectivity index (χ3n) is 4.85. The van der Waals surface area contributed by atoms with Crippen LogP contribution in [0, 0.1) is 0 Å². The Balaban J connectivity index is 2.38. The zero-order valence-electron chi connectivity index (χ0n) is 20.1. The lowest BCUT2D eigenvalue weighted by atomic mass is 9.96. The molecule has 0 unspecified atom stereocenters. The summed E-state index contributed by atoms with van der Waals surface area (Å²) in [6.45, 7) is 5.23. The molecular formula is C25H33NO7. The van der Waals surface area contributed by atoms with Gasteiger partial charge in [-0.2, -0.15) is 0 Å². The summed E-state index contributed by atoms with van der Waals surface area (Å²) in [6, 6.07) is 10.3. The first kappa shape index (κ1) is 26.0. The van der Waals surface area contributed by atoms with E-state index in [0.717, 1.165) is 22.3 Å². The largest absolute Gasteiger partial charge is 0.496 e. The molecular weight excluding hydrogens is 426 g/mol. The molecule has 0 spiro atoms. The van der Waals surface area contributed by atoms with Gasteiger partial charge >= 0.3 is 12.1 Å². The van der Waals surface area contributed by atoms with Crippen LogP contribution in [0.15, 0.2) is 36.4 Å². The Morgan fingerprint density at radius 1 is 1.00 bits per heavy atom. The number of nitrogens with one attached hydrogen (secondary N) is 1. The number of aliphatic hydroxyl groups excluding tert-OH is 1. The van der Waals surface area contributed by atoms with E-state index in [4.69, 9.17) is 18.9 Å². The quantitative estimate of drug-likeness (QED) is 0.553. The van der Waals surface area contributed by atoms with Crippen molar-refractivity contribution in [3.05, 3.63) is 47.5 Å². The van der Waals surface area contributed by atoms with E-state index in [1.807, 2.05) is 36.4 Å². The van der Waals surface area contributed by atoms with Gasteiger partial charge in [0.2, 0.25) is 0 Å². The first-order valence-corrected chi connectivity index (χ1v) is 10.6. The molecule has 0 aliphatic rings. The van der Waals surface area contributed by atoms with E-state index < -0.39 is 23.7 Å². The van der Waals surface area contributed by atoms with Crippen molar-refractivity contribution >= 4 is 12.1 Å². The number of alkyl carbamates (subject to hydrolysis) is 1. The van der Waals surface area contributed by atoms with Crippen molar-refractivity contribution in [3.63, 3.8) is 0 Å². The number of amides is 1. The second kappa shape index (κ2) is 11.6. The number of rotatable bonds is 9. The summed E-state index contributed by atoms with van der Waals surface area (Å²) in [5.74, 6) is 0.761. The van der Waals surface area contributed by atoms with Gasteiger partial charge in [0, 0.05) is 18.6 Å². The second-order valence-corrected chi connectivity index (χ2v) is 8.46. The highest BCUT2D eigenvalue weighted by atomic mass is 16.6. The number of ether oxygens (including phenoxy) is 4. The normalized spacial score (nSPS) is 12.0. The minimum atomic E-state index is -0.924. The van der Waals surface area contributed by atoms with Gasteiger partial charge in [0.25, 0.3) is 0 Å². The fraction of sp³-hybridized carbons (Fsp3) is 0.440. The molecule has 1 atom stereocenters. The van der Waals surface area contributed by atoms with Crippen LogP contribution in [0.1, 0.15) is 31.9 Å². The highest BCUT2D eigenvalue weighted by Gasteiger charge is 2.25. The molecule has 2 N–H and O–H groups in total. The zero-order valence-corrected chi connectivity index (χ0v) is 20.1. The maximum atomic E-state index is 12.3. The fourth-order valence-electron chi connectivity index (χ4n) is 3.39. The predicted molar refractivity (Wildman–Crippen MR) is 125 cm³/mol. The molecule has 8 heteroatoms. The highest BCUT2D eigenvalue weighted by Crippen LogP contribution is 2.34. The van der Waals surface area contributed by atoms with Crippen LogP contribution >= 0.6 is 0 Å². The molecule has 0 fully saturated rings. The Bertz CT molecular complexity index is 966. The molecule has 0 heterocycles. The van der Waals surface area contributed by atoms with E-state index >= 15 is 0 Å². The maximum absolute atomic E-state index is 12.3. The summed E-state index contributed by atoms with van der Waals surface area (Å²) >= 11 is 0. The van der Waals surface area contributed by atoms with Crippen LogP contribution in [-0.4, -0.2) is 56.7 Å². The maximum Gasteiger partial charge on any atom is 0.408 e. The molecule has 0 aliphatic carbocycles. The number of methoxy groups -OCH3 is 3. The zero-order chi connectivity index (χ0) is 24.6. The Hall–Kier alpha value is -3.26. The summed E-state index contributed by atoms with van der Waals surface area (Å²) in [5.41, 5.74) is 2.63. The monoisotopic (exact) mass is 459 g/mol. The molecule has 8 nitrogen and oxygen atoms in total. The van der Waals surface area contributed by atoms with E-state index in [0.29, 0.717) is 17.9 Å². The van der Waals surface area contributed by atoms with Crippen LogP contribution < -0.4 is 14.8 Å². The van der Waals surface area contributed by atoms with Crippen LogP contribution in [0.25, 0.3) is 11.1 Å². The average Bonchev–Trinajstić information content (AvgIpc) is 2.77. The summed E-state index contributed by atoms with van der Waals surface area (Å²) in [5, 5.41) is 12.0. The molecule has 0 aromatic heterocycles. The Morgan fingerprint density at radius 3 is 2.24 bits per heavy atom. The lowest BCUT2D eigenvalue weighted by Crippen LogP contribution is -2.45. The van der Waals surface area contributed by atoms with Crippen molar-refractivity contribution in [3.8, 4) is 22.6 Å². The van der Waals surface area contributed by atoms with Crippen molar-refractivity contribution in [2.75, 3.05) is 27.9 Å². The average molecular weight is 460 g/mol. The smallest absolute Gasteiger partial charge is 0.408 e. The minimum Gasteiger partial charge on any atom is -0.496 e. The molecule has 0 bridgehead atoms. The van der Waals surface area contributed by atoms with E-state index in [2.05, 4.69) is 5.32 Å². The highest BCUT2D eigenvalue weighted by molar-refractivity contribution is 5.82. The molecule has 33 heavy (non-hydrogen) atoms. The molecule has 0 aliphatic heterocycles. The number of carbonyl (C=O) groups is 2. The third kappa shape index (κ3) is 7.39. The van der Waals surface area contributed by atoms with E-state index in [1.54, 1.807) is 35.0 Å². The third-order valence-corrected chi connectivity index (χ3v) is 4.85. The molecule has 0 saturated carbocycles. The summed E-state index contributed by atoms with van der Waals surface area (Å²) in [7, 11) is 4.44. The van der Waals surface area contributed by atoms with Crippen LogP contribution in [0.2, 0.25) is 0 Å². The molecule has 0 saturated heterocycles. The molecule has 2 aromatic carbocycles. The first-order valence-electron chi connectivity index (χ1n) is 10.6. The number of esters is 1. The van der Waals surface area contributed by atoms with E-state index in [9.17, 15) is 14.7 Å². The predicted octanol–water partition coefficient (Wildman–Crippen LogP) is 3.51. The molecule has 2 aromatic rings. The summed E-state index contributed by atoms with van der Waals surface area (Å²) in [4.78, 5) is 24.6. The number of hydrogen-bond donors (Lipinski definition) is 2. The lowest BCUT2D eigenvalue weighted by Gasteiger charge is -2.23. The fourth-order valence-corrected chi connectivity index (χ4v) is 3.39. The van der Waals surface area contributed by atoms with E-state index in [-0.39, 0.29) is 13.0 Å². The number of benzene rings is 2. The van der Waals surface area contributed by atoms with Gasteiger partial charge in [0.15, 0.2) is 0 Å². The Labute approximate surface area is 194 Å². The standard InChI is InChI=1S/C25H33NO7/c1-25(2,3)33-24(29)26-20(23(28)32-6)14-16-7-9-22(31-5)19(13-16)17-8-10-21(30-4)18(15-17)11-12-27/h7-10,13,15,20,27H,11-12,14H2,1-6H3,(H,26,29)/t20-/m0/s1. The first-order chi connectivity index (χ1) is 15.6. The molecule has 0 radical (unpaired) electrons. The van der Waals surface area contributed by atoms with Gasteiger partial charge in [-0.05, 0) is 68.1 Å². The van der Waals surface area contributed by atoms with Crippen LogP contribution in [0.3, 0.4) is 0 Å². The summed E-state index contributed by atoms with van der Waals surface area (Å²) < 4.78 is 21.1. The van der Waals surface area contributed by atoms with Gasteiger partial charge in [0.05, 0.1) is 21.3 Å². The van der Waals surface area contributed by atoms with Gasteiger partial charge in [-0.1, -0.05) is 12.1 Å². The van der Waals surface area contributed by atoms with E-state index in [1.165, 1.54) is 7.11 Å².